The zero-order valence-corrected chi connectivity index (χ0v) is 8.54. The maximum atomic E-state index is 9.07. The quantitative estimate of drug-likeness (QED) is 0.718. The van der Waals surface area contributed by atoms with Gasteiger partial charge in [0, 0.05) is 31.1 Å². The lowest BCUT2D eigenvalue weighted by Crippen LogP contribution is -2.23. The molecule has 1 N–H and O–H groups in total. The Kier molecular flexibility index (Phi) is 2.26. The minimum absolute atomic E-state index is 0.259. The van der Waals surface area contributed by atoms with Crippen LogP contribution in [-0.4, -0.2) is 16.3 Å². The minimum atomic E-state index is 0.259. The molecular formula is C10H14N4. The van der Waals surface area contributed by atoms with E-state index >= 15 is 0 Å². The number of fused-ring (bicyclic) bond motifs is 1. The molecule has 0 bridgehead atoms. The van der Waals surface area contributed by atoms with E-state index in [2.05, 4.69) is 16.5 Å². The average Bonchev–Trinajstić information content (AvgIpc) is 2.56. The lowest BCUT2D eigenvalue weighted by atomic mass is 10.1. The Labute approximate surface area is 83.5 Å². The third kappa shape index (κ3) is 1.30. The van der Waals surface area contributed by atoms with E-state index in [4.69, 9.17) is 5.26 Å². The van der Waals surface area contributed by atoms with Crippen molar-refractivity contribution in [2.24, 2.45) is 0 Å². The fourth-order valence-electron chi connectivity index (χ4n) is 1.81. The molecule has 1 aromatic rings. The van der Waals surface area contributed by atoms with Crippen LogP contribution in [0.25, 0.3) is 0 Å². The van der Waals surface area contributed by atoms with Gasteiger partial charge in [0.1, 0.15) is 11.8 Å². The second-order valence-electron chi connectivity index (χ2n) is 3.85. The van der Waals surface area contributed by atoms with Gasteiger partial charge in [0.15, 0.2) is 0 Å². The number of nitrogens with zero attached hydrogens (tertiary/aromatic N) is 3. The molecule has 0 unspecified atom stereocenters. The van der Waals surface area contributed by atoms with E-state index in [9.17, 15) is 0 Å². The van der Waals surface area contributed by atoms with Gasteiger partial charge >= 0.3 is 0 Å². The van der Waals surface area contributed by atoms with E-state index in [0.29, 0.717) is 0 Å². The summed E-state index contributed by atoms with van der Waals surface area (Å²) in [5.74, 6) is 0. The summed E-state index contributed by atoms with van der Waals surface area (Å²) in [5, 5.41) is 16.8. The van der Waals surface area contributed by atoms with Crippen molar-refractivity contribution < 1.29 is 0 Å². The first-order valence-electron chi connectivity index (χ1n) is 4.95. The zero-order chi connectivity index (χ0) is 10.1. The molecule has 0 radical (unpaired) electrons. The molecule has 4 nitrogen and oxygen atoms in total. The second kappa shape index (κ2) is 3.43. The molecule has 0 atom stereocenters. The number of hydrogen-bond donors (Lipinski definition) is 1. The molecule has 0 fully saturated rings. The van der Waals surface area contributed by atoms with Crippen molar-refractivity contribution in [2.75, 3.05) is 6.54 Å². The first-order valence-corrected chi connectivity index (χ1v) is 4.95. The first kappa shape index (κ1) is 9.22. The van der Waals surface area contributed by atoms with Crippen molar-refractivity contribution in [3.63, 3.8) is 0 Å². The summed E-state index contributed by atoms with van der Waals surface area (Å²) in [5.41, 5.74) is 2.91. The third-order valence-corrected chi connectivity index (χ3v) is 2.53. The zero-order valence-electron chi connectivity index (χ0n) is 8.54. The minimum Gasteiger partial charge on any atom is -0.312 e. The molecule has 2 rings (SSSR count). The highest BCUT2D eigenvalue weighted by Gasteiger charge is 2.20. The summed E-state index contributed by atoms with van der Waals surface area (Å²) in [6.07, 6.45) is 0.934. The highest BCUT2D eigenvalue weighted by Crippen LogP contribution is 2.20. The van der Waals surface area contributed by atoms with Crippen molar-refractivity contribution in [3.8, 4) is 6.07 Å². The number of nitrogens with one attached hydrogen (secondary N) is 1. The molecular weight excluding hydrogens is 176 g/mol. The van der Waals surface area contributed by atoms with Crippen molar-refractivity contribution >= 4 is 0 Å². The Morgan fingerprint density at radius 1 is 1.57 bits per heavy atom. The normalized spacial score (nSPS) is 15.3. The van der Waals surface area contributed by atoms with Crippen molar-refractivity contribution in [1.82, 2.24) is 15.1 Å². The number of nitriles is 1. The Bertz CT molecular complexity index is 384. The van der Waals surface area contributed by atoms with Gasteiger partial charge in [-0.2, -0.15) is 10.4 Å². The summed E-state index contributed by atoms with van der Waals surface area (Å²) in [4.78, 5) is 0. The Hall–Kier alpha value is -1.34. The van der Waals surface area contributed by atoms with Gasteiger partial charge in [-0.25, -0.2) is 0 Å². The van der Waals surface area contributed by atoms with Crippen molar-refractivity contribution in [1.29, 1.82) is 5.26 Å². The second-order valence-corrected chi connectivity index (χ2v) is 3.85. The van der Waals surface area contributed by atoms with Gasteiger partial charge < -0.3 is 5.32 Å². The molecule has 1 aromatic heterocycles. The van der Waals surface area contributed by atoms with Crippen LogP contribution in [0.3, 0.4) is 0 Å². The Morgan fingerprint density at radius 3 is 3.00 bits per heavy atom. The van der Waals surface area contributed by atoms with Gasteiger partial charge in [-0.3, -0.25) is 4.68 Å². The summed E-state index contributed by atoms with van der Waals surface area (Å²) in [6.45, 7) is 5.84. The van der Waals surface area contributed by atoms with E-state index in [1.807, 2.05) is 18.5 Å². The lowest BCUT2D eigenvalue weighted by Gasteiger charge is -2.10. The van der Waals surface area contributed by atoms with Crippen LogP contribution in [0, 0.1) is 11.3 Å². The molecule has 0 amide bonds. The van der Waals surface area contributed by atoms with Crippen LogP contribution in [0.4, 0.5) is 0 Å². The van der Waals surface area contributed by atoms with Gasteiger partial charge in [-0.05, 0) is 13.8 Å². The van der Waals surface area contributed by atoms with Crippen molar-refractivity contribution in [3.05, 3.63) is 17.0 Å². The summed E-state index contributed by atoms with van der Waals surface area (Å²) in [6, 6.07) is 2.50. The fourth-order valence-corrected chi connectivity index (χ4v) is 1.81. The molecule has 0 spiro atoms. The molecule has 0 aliphatic carbocycles. The van der Waals surface area contributed by atoms with Gasteiger partial charge in [0.25, 0.3) is 0 Å². The number of rotatable bonds is 1. The Balaban J connectivity index is 2.53. The van der Waals surface area contributed by atoms with Crippen LogP contribution in [0.5, 0.6) is 0 Å². The number of aromatic nitrogens is 2. The number of hydrogen-bond acceptors (Lipinski definition) is 3. The van der Waals surface area contributed by atoms with Gasteiger partial charge in [0.2, 0.25) is 0 Å². The first-order chi connectivity index (χ1) is 6.74. The lowest BCUT2D eigenvalue weighted by molar-refractivity contribution is 0.520. The van der Waals surface area contributed by atoms with Gasteiger partial charge in [-0.15, -0.1) is 0 Å². The molecule has 74 valence electrons. The maximum Gasteiger partial charge on any atom is 0.143 e. The molecule has 2 heterocycles. The predicted molar refractivity (Wildman–Crippen MR) is 52.7 cm³/mol. The predicted octanol–water partition coefficient (Wildman–Crippen LogP) is 0.981. The van der Waals surface area contributed by atoms with E-state index in [1.165, 1.54) is 0 Å². The summed E-state index contributed by atoms with van der Waals surface area (Å²) >= 11 is 0. The topological polar surface area (TPSA) is 53.6 Å². The molecule has 0 aromatic carbocycles. The molecule has 14 heavy (non-hydrogen) atoms. The molecule has 1 aliphatic heterocycles. The van der Waals surface area contributed by atoms with Crippen molar-refractivity contribution in [2.45, 2.75) is 32.9 Å². The third-order valence-electron chi connectivity index (χ3n) is 2.53. The SMILES string of the molecule is CC(C)n1nc2c(c1C#N)CNCC2. The van der Waals surface area contributed by atoms with E-state index in [-0.39, 0.29) is 6.04 Å². The molecule has 1 aliphatic rings. The Morgan fingerprint density at radius 2 is 2.36 bits per heavy atom. The standard InChI is InChI=1S/C10H14N4/c1-7(2)14-10(5-11)8-6-12-4-3-9(8)13-14/h7,12H,3-4,6H2,1-2H3. The van der Waals surface area contributed by atoms with Crippen LogP contribution in [0.1, 0.15) is 36.8 Å². The smallest absolute Gasteiger partial charge is 0.143 e. The maximum absolute atomic E-state index is 9.07. The average molecular weight is 190 g/mol. The largest absolute Gasteiger partial charge is 0.312 e. The highest BCUT2D eigenvalue weighted by molar-refractivity contribution is 5.37. The molecule has 0 saturated heterocycles. The highest BCUT2D eigenvalue weighted by atomic mass is 15.3. The summed E-state index contributed by atoms with van der Waals surface area (Å²) in [7, 11) is 0. The van der Waals surface area contributed by atoms with E-state index in [1.54, 1.807) is 0 Å². The van der Waals surface area contributed by atoms with E-state index < -0.39 is 0 Å². The van der Waals surface area contributed by atoms with Crippen LogP contribution in [-0.2, 0) is 13.0 Å². The van der Waals surface area contributed by atoms with Crippen LogP contribution >= 0.6 is 0 Å². The fraction of sp³-hybridized carbons (Fsp3) is 0.600. The van der Waals surface area contributed by atoms with Gasteiger partial charge in [-0.1, -0.05) is 0 Å². The summed E-state index contributed by atoms with van der Waals surface area (Å²) < 4.78 is 1.83. The van der Waals surface area contributed by atoms with Gasteiger partial charge in [0.05, 0.1) is 5.69 Å². The van der Waals surface area contributed by atoms with Crippen LogP contribution < -0.4 is 5.32 Å². The van der Waals surface area contributed by atoms with E-state index in [0.717, 1.165) is 36.5 Å². The monoisotopic (exact) mass is 190 g/mol. The molecule has 0 saturated carbocycles. The van der Waals surface area contributed by atoms with Crippen LogP contribution in [0.15, 0.2) is 0 Å². The van der Waals surface area contributed by atoms with Crippen LogP contribution in [0.2, 0.25) is 0 Å². The molecule has 4 heteroatoms.